The maximum Gasteiger partial charge on any atom is 0.412 e. The van der Waals surface area contributed by atoms with Gasteiger partial charge in [0.2, 0.25) is 5.78 Å². The van der Waals surface area contributed by atoms with Crippen LogP contribution in [0.15, 0.2) is 47.0 Å². The van der Waals surface area contributed by atoms with Gasteiger partial charge in [0.25, 0.3) is 0 Å². The zero-order valence-electron chi connectivity index (χ0n) is 14.7. The Morgan fingerprint density at radius 2 is 1.61 bits per heavy atom. The lowest BCUT2D eigenvalue weighted by atomic mass is 10.1. The number of allylic oxidation sites excluding steroid dienone is 5. The van der Waals surface area contributed by atoms with Crippen LogP contribution in [0.5, 0.6) is 0 Å². The third kappa shape index (κ3) is 7.90. The molecular weight excluding hydrogens is 294 g/mol. The van der Waals surface area contributed by atoms with E-state index in [1.807, 2.05) is 0 Å². The van der Waals surface area contributed by atoms with Gasteiger partial charge in [0, 0.05) is 11.4 Å². The van der Waals surface area contributed by atoms with Crippen LogP contribution in [0.2, 0.25) is 0 Å². The Morgan fingerprint density at radius 1 is 1.09 bits per heavy atom. The summed E-state index contributed by atoms with van der Waals surface area (Å²) in [6, 6.07) is 0. The van der Waals surface area contributed by atoms with Crippen LogP contribution in [-0.4, -0.2) is 17.5 Å². The number of Topliss-reactive ketones (excluding diaryl/α,β-unsaturated/α-hetero) is 1. The van der Waals surface area contributed by atoms with Gasteiger partial charge >= 0.3 is 6.09 Å². The number of nitrogens with two attached hydrogens (primary N) is 2. The van der Waals surface area contributed by atoms with E-state index in [0.717, 1.165) is 0 Å². The third-order valence-electron chi connectivity index (χ3n) is 2.62. The predicted molar refractivity (Wildman–Crippen MR) is 92.1 cm³/mol. The highest BCUT2D eigenvalue weighted by atomic mass is 16.6. The molecule has 0 radical (unpaired) electrons. The van der Waals surface area contributed by atoms with Gasteiger partial charge < -0.3 is 16.2 Å². The van der Waals surface area contributed by atoms with Crippen molar-refractivity contribution in [2.45, 2.75) is 47.1 Å². The quantitative estimate of drug-likeness (QED) is 0.533. The molecule has 0 spiro atoms. The van der Waals surface area contributed by atoms with Gasteiger partial charge in [-0.15, -0.1) is 0 Å². The highest BCUT2D eigenvalue weighted by Gasteiger charge is 2.17. The minimum Gasteiger partial charge on any atom is -0.444 e. The minimum absolute atomic E-state index is 0.00382. The zero-order chi connectivity index (χ0) is 18.4. The monoisotopic (exact) mass is 321 g/mol. The molecule has 0 bridgehead atoms. The SMILES string of the molecule is C=C(C)/C(=C\C=C(/C)C(=O)/C(N)=C(/C)N)NC(=O)OC(C)(C)C. The number of rotatable bonds is 5. The first-order valence-electron chi connectivity index (χ1n) is 7.16. The summed E-state index contributed by atoms with van der Waals surface area (Å²) in [6.45, 7) is 14.0. The Balaban J connectivity index is 5.26. The third-order valence-corrected chi connectivity index (χ3v) is 2.62. The molecule has 0 fully saturated rings. The molecule has 6 nitrogen and oxygen atoms in total. The Hall–Kier alpha value is -2.50. The fraction of sp³-hybridized carbons (Fsp3) is 0.412. The van der Waals surface area contributed by atoms with Gasteiger partial charge in [-0.25, -0.2) is 4.79 Å². The number of hydrogen-bond acceptors (Lipinski definition) is 5. The van der Waals surface area contributed by atoms with Crippen molar-refractivity contribution in [3.8, 4) is 0 Å². The van der Waals surface area contributed by atoms with Crippen molar-refractivity contribution in [1.82, 2.24) is 5.32 Å². The highest BCUT2D eigenvalue weighted by Crippen LogP contribution is 2.11. The van der Waals surface area contributed by atoms with E-state index in [-0.39, 0.29) is 17.2 Å². The molecule has 0 atom stereocenters. The van der Waals surface area contributed by atoms with E-state index in [4.69, 9.17) is 16.2 Å². The fourth-order valence-corrected chi connectivity index (χ4v) is 1.38. The Morgan fingerprint density at radius 3 is 2.00 bits per heavy atom. The van der Waals surface area contributed by atoms with Crippen molar-refractivity contribution in [3.63, 3.8) is 0 Å². The molecule has 0 aliphatic carbocycles. The molecule has 0 aromatic carbocycles. The fourth-order valence-electron chi connectivity index (χ4n) is 1.38. The average Bonchev–Trinajstić information content (AvgIpc) is 2.38. The molecule has 1 amide bonds. The molecule has 0 saturated heterocycles. The van der Waals surface area contributed by atoms with E-state index in [1.54, 1.807) is 53.7 Å². The lowest BCUT2D eigenvalue weighted by Crippen LogP contribution is -2.32. The second kappa shape index (κ2) is 8.22. The molecule has 0 aromatic rings. The van der Waals surface area contributed by atoms with Crippen molar-refractivity contribution >= 4 is 11.9 Å². The van der Waals surface area contributed by atoms with Gasteiger partial charge in [0.15, 0.2) is 0 Å². The Labute approximate surface area is 137 Å². The Kier molecular flexibility index (Phi) is 7.32. The van der Waals surface area contributed by atoms with E-state index >= 15 is 0 Å². The van der Waals surface area contributed by atoms with E-state index < -0.39 is 11.7 Å². The van der Waals surface area contributed by atoms with E-state index in [2.05, 4.69) is 11.9 Å². The molecule has 6 heteroatoms. The van der Waals surface area contributed by atoms with Gasteiger partial charge in [-0.05, 0) is 58.8 Å². The summed E-state index contributed by atoms with van der Waals surface area (Å²) in [5, 5.41) is 2.60. The van der Waals surface area contributed by atoms with Crippen LogP contribution in [0.4, 0.5) is 4.79 Å². The van der Waals surface area contributed by atoms with Crippen LogP contribution in [0.25, 0.3) is 0 Å². The molecule has 0 rings (SSSR count). The molecule has 0 aliphatic heterocycles. The number of hydrogen-bond donors (Lipinski definition) is 3. The van der Waals surface area contributed by atoms with Crippen LogP contribution >= 0.6 is 0 Å². The molecule has 0 aromatic heterocycles. The van der Waals surface area contributed by atoms with Crippen molar-refractivity contribution in [3.05, 3.63) is 47.0 Å². The largest absolute Gasteiger partial charge is 0.444 e. The topological polar surface area (TPSA) is 107 Å². The number of alkyl carbamates (subject to hydrolysis) is 1. The lowest BCUT2D eigenvalue weighted by Gasteiger charge is -2.20. The van der Waals surface area contributed by atoms with Gasteiger partial charge in [-0.2, -0.15) is 0 Å². The van der Waals surface area contributed by atoms with Crippen LogP contribution in [0.3, 0.4) is 0 Å². The second-order valence-electron chi connectivity index (χ2n) is 6.26. The number of ether oxygens (including phenoxy) is 1. The Bertz CT molecular complexity index is 587. The van der Waals surface area contributed by atoms with Crippen LogP contribution in [-0.2, 0) is 9.53 Å². The van der Waals surface area contributed by atoms with E-state index in [9.17, 15) is 9.59 Å². The second-order valence-corrected chi connectivity index (χ2v) is 6.26. The molecule has 0 aliphatic rings. The summed E-state index contributed by atoms with van der Waals surface area (Å²) >= 11 is 0. The molecule has 0 heterocycles. The minimum atomic E-state index is -0.607. The molecule has 5 N–H and O–H groups in total. The zero-order valence-corrected chi connectivity index (χ0v) is 14.7. The number of carbonyl (C=O) groups excluding carboxylic acids is 2. The maximum absolute atomic E-state index is 12.0. The van der Waals surface area contributed by atoms with Crippen molar-refractivity contribution in [1.29, 1.82) is 0 Å². The summed E-state index contributed by atoms with van der Waals surface area (Å²) in [5.41, 5.74) is 12.2. The van der Waals surface area contributed by atoms with E-state index in [0.29, 0.717) is 16.8 Å². The summed E-state index contributed by atoms with van der Waals surface area (Å²) in [6.07, 6.45) is 2.51. The van der Waals surface area contributed by atoms with Gasteiger partial charge in [-0.1, -0.05) is 12.7 Å². The first-order chi connectivity index (χ1) is 10.3. The van der Waals surface area contributed by atoms with Gasteiger partial charge in [0.05, 0.1) is 5.70 Å². The number of amides is 1. The molecule has 0 unspecified atom stereocenters. The van der Waals surface area contributed by atoms with Gasteiger partial charge in [-0.3, -0.25) is 10.1 Å². The summed E-state index contributed by atoms with van der Waals surface area (Å²) in [4.78, 5) is 23.8. The van der Waals surface area contributed by atoms with Crippen LogP contribution in [0.1, 0.15) is 41.5 Å². The molecular formula is C17H27N3O3. The molecule has 0 saturated carbocycles. The lowest BCUT2D eigenvalue weighted by molar-refractivity contribution is -0.112. The number of ketones is 1. The number of nitrogens with one attached hydrogen (secondary N) is 1. The van der Waals surface area contributed by atoms with Crippen molar-refractivity contribution < 1.29 is 14.3 Å². The number of carbonyl (C=O) groups is 2. The standard InChI is InChI=1S/C17H27N3O3/c1-10(2)13(20-16(22)23-17(5,6)7)9-8-11(3)15(21)14(19)12(4)18/h8-9H,1,18-19H2,2-7H3,(H,20,22)/b11-8+,13-9+,14-12+. The predicted octanol–water partition coefficient (Wildman–Crippen LogP) is 2.64. The van der Waals surface area contributed by atoms with Crippen LogP contribution < -0.4 is 16.8 Å². The normalized spacial score (nSPS) is 14.0. The first kappa shape index (κ1) is 20.5. The first-order valence-corrected chi connectivity index (χ1v) is 7.16. The summed E-state index contributed by atoms with van der Waals surface area (Å²) < 4.78 is 5.18. The smallest absolute Gasteiger partial charge is 0.412 e. The highest BCUT2D eigenvalue weighted by molar-refractivity contribution is 6.07. The summed E-state index contributed by atoms with van der Waals surface area (Å²) in [5.74, 6) is -0.361. The van der Waals surface area contributed by atoms with Crippen molar-refractivity contribution in [2.75, 3.05) is 0 Å². The van der Waals surface area contributed by atoms with E-state index in [1.165, 1.54) is 0 Å². The van der Waals surface area contributed by atoms with Gasteiger partial charge in [0.1, 0.15) is 5.60 Å². The van der Waals surface area contributed by atoms with Crippen molar-refractivity contribution in [2.24, 2.45) is 11.5 Å². The average molecular weight is 321 g/mol. The molecule has 128 valence electrons. The molecule has 23 heavy (non-hydrogen) atoms. The summed E-state index contributed by atoms with van der Waals surface area (Å²) in [7, 11) is 0. The van der Waals surface area contributed by atoms with Crippen LogP contribution in [0, 0.1) is 0 Å². The maximum atomic E-state index is 12.0.